The Morgan fingerprint density at radius 3 is 2.39 bits per heavy atom. The van der Waals surface area contributed by atoms with Gasteiger partial charge in [-0.25, -0.2) is 0 Å². The van der Waals surface area contributed by atoms with E-state index in [9.17, 15) is 14.4 Å². The number of nitrogens with zero attached hydrogens (tertiary/aromatic N) is 3. The molecular weight excluding hydrogens is 548 g/mol. The number of nitrogens with one attached hydrogen (secondary N) is 1. The van der Waals surface area contributed by atoms with Gasteiger partial charge in [-0.3, -0.25) is 14.4 Å². The summed E-state index contributed by atoms with van der Waals surface area (Å²) >= 11 is 0. The fourth-order valence-electron chi connectivity index (χ4n) is 6.46. The molecule has 0 radical (unpaired) electrons. The maximum Gasteiger partial charge on any atom is 0.256 e. The minimum Gasteiger partial charge on any atom is -0.350 e. The van der Waals surface area contributed by atoms with Crippen LogP contribution in [0.15, 0.2) is 103 Å². The van der Waals surface area contributed by atoms with Crippen LogP contribution in [0.5, 0.6) is 0 Å². The summed E-state index contributed by atoms with van der Waals surface area (Å²) in [5.74, 6) is -0.478. The summed E-state index contributed by atoms with van der Waals surface area (Å²) in [6.45, 7) is 2.97. The van der Waals surface area contributed by atoms with E-state index in [1.54, 1.807) is 16.8 Å². The highest BCUT2D eigenvalue weighted by Gasteiger charge is 2.40. The molecule has 7 heteroatoms. The zero-order valence-corrected chi connectivity index (χ0v) is 25.4. The van der Waals surface area contributed by atoms with Crippen LogP contribution in [-0.2, 0) is 29.6 Å². The lowest BCUT2D eigenvalue weighted by atomic mass is 10.00. The molecule has 1 N–H and O–H groups in total. The van der Waals surface area contributed by atoms with E-state index in [0.29, 0.717) is 31.5 Å². The molecular formula is C37H38N4O3. The second-order valence-electron chi connectivity index (χ2n) is 12.1. The molecule has 0 spiro atoms. The highest BCUT2D eigenvalue weighted by atomic mass is 16.2. The van der Waals surface area contributed by atoms with Gasteiger partial charge in [-0.1, -0.05) is 97.9 Å². The van der Waals surface area contributed by atoms with Crippen LogP contribution in [0, 0.1) is 5.92 Å². The van der Waals surface area contributed by atoms with Crippen molar-refractivity contribution in [3.8, 4) is 0 Å². The van der Waals surface area contributed by atoms with Crippen molar-refractivity contribution in [1.82, 2.24) is 19.7 Å². The van der Waals surface area contributed by atoms with Crippen molar-refractivity contribution >= 4 is 39.4 Å². The predicted molar refractivity (Wildman–Crippen MR) is 174 cm³/mol. The number of likely N-dealkylation sites (tertiary alicyclic amines) is 1. The maximum absolute atomic E-state index is 14.0. The van der Waals surface area contributed by atoms with E-state index in [1.807, 2.05) is 103 Å². The Kier molecular flexibility index (Phi) is 8.20. The highest BCUT2D eigenvalue weighted by Crippen LogP contribution is 2.29. The van der Waals surface area contributed by atoms with E-state index in [2.05, 4.69) is 24.4 Å². The third kappa shape index (κ3) is 5.95. The zero-order valence-electron chi connectivity index (χ0n) is 25.4. The van der Waals surface area contributed by atoms with Crippen LogP contribution in [0.25, 0.3) is 21.7 Å². The second-order valence-corrected chi connectivity index (χ2v) is 12.1. The monoisotopic (exact) mass is 586 g/mol. The van der Waals surface area contributed by atoms with Gasteiger partial charge in [0.1, 0.15) is 12.1 Å². The quantitative estimate of drug-likeness (QED) is 0.259. The number of aryl methyl sites for hydroxylation is 1. The number of fused-ring (bicyclic) bond motifs is 2. The molecule has 224 valence electrons. The molecule has 7 nitrogen and oxygen atoms in total. The van der Waals surface area contributed by atoms with E-state index in [0.717, 1.165) is 32.8 Å². The normalized spacial score (nSPS) is 17.1. The molecule has 3 atom stereocenters. The molecule has 0 bridgehead atoms. The third-order valence-corrected chi connectivity index (χ3v) is 8.71. The number of likely N-dealkylation sites (N-methyl/N-ethyl adjacent to an activating group) is 1. The Balaban J connectivity index is 1.26. The lowest BCUT2D eigenvalue weighted by molar-refractivity contribution is -0.136. The van der Waals surface area contributed by atoms with Crippen molar-refractivity contribution in [3.63, 3.8) is 0 Å². The standard InChI is InChI=1S/C37H38N4O3/c1-25-19-34(41(22-25)36(43)31-24-39(2)33-16-10-9-15-30(31)33)35(42)38-32(37(44)40(3)23-26-11-5-4-6-12-26)21-27-17-18-28-13-7-8-14-29(28)20-27/h4-18,20,24-25,32,34H,19,21-23H2,1-3H3,(H,38,42)/t25?,32-,34?/m0/s1. The Morgan fingerprint density at radius 2 is 1.59 bits per heavy atom. The third-order valence-electron chi connectivity index (χ3n) is 8.71. The number of carbonyl (C=O) groups excluding carboxylic acids is 3. The van der Waals surface area contributed by atoms with Gasteiger partial charge >= 0.3 is 0 Å². The highest BCUT2D eigenvalue weighted by molar-refractivity contribution is 6.08. The van der Waals surface area contributed by atoms with Crippen LogP contribution in [-0.4, -0.2) is 57.8 Å². The van der Waals surface area contributed by atoms with Gasteiger partial charge in [0, 0.05) is 50.7 Å². The summed E-state index contributed by atoms with van der Waals surface area (Å²) in [6.07, 6.45) is 2.72. The molecule has 2 unspecified atom stereocenters. The molecule has 1 aliphatic heterocycles. The summed E-state index contributed by atoms with van der Waals surface area (Å²) in [5, 5.41) is 6.16. The van der Waals surface area contributed by atoms with Crippen LogP contribution in [0.1, 0.15) is 34.8 Å². The SMILES string of the molecule is CC1CC(C(=O)N[C@@H](Cc2ccc3ccccc3c2)C(=O)N(C)Cc2ccccc2)N(C(=O)c2cn(C)c3ccccc23)C1. The fourth-order valence-corrected chi connectivity index (χ4v) is 6.46. The number of hydrogen-bond acceptors (Lipinski definition) is 3. The van der Waals surface area contributed by atoms with Gasteiger partial charge in [-0.2, -0.15) is 0 Å². The summed E-state index contributed by atoms with van der Waals surface area (Å²) in [5.41, 5.74) is 3.52. The van der Waals surface area contributed by atoms with Gasteiger partial charge in [0.2, 0.25) is 11.8 Å². The number of aromatic nitrogens is 1. The number of hydrogen-bond donors (Lipinski definition) is 1. The van der Waals surface area contributed by atoms with E-state index < -0.39 is 12.1 Å². The minimum atomic E-state index is -0.789. The molecule has 5 aromatic rings. The van der Waals surface area contributed by atoms with E-state index >= 15 is 0 Å². The van der Waals surface area contributed by atoms with Gasteiger partial charge in [0.15, 0.2) is 0 Å². The van der Waals surface area contributed by atoms with E-state index in [4.69, 9.17) is 0 Å². The van der Waals surface area contributed by atoms with Gasteiger partial charge in [0.05, 0.1) is 5.56 Å². The maximum atomic E-state index is 14.0. The van der Waals surface area contributed by atoms with Gasteiger partial charge < -0.3 is 19.7 Å². The topological polar surface area (TPSA) is 74.7 Å². The first-order chi connectivity index (χ1) is 21.3. The lowest BCUT2D eigenvalue weighted by Gasteiger charge is -2.28. The Morgan fingerprint density at radius 1 is 0.886 bits per heavy atom. The van der Waals surface area contributed by atoms with Crippen LogP contribution in [0.3, 0.4) is 0 Å². The molecule has 1 saturated heterocycles. The molecule has 6 rings (SSSR count). The molecule has 1 aromatic heterocycles. The van der Waals surface area contributed by atoms with Gasteiger partial charge in [-0.15, -0.1) is 0 Å². The first-order valence-electron chi connectivity index (χ1n) is 15.2. The van der Waals surface area contributed by atoms with E-state index in [1.165, 1.54) is 0 Å². The molecule has 1 fully saturated rings. The van der Waals surface area contributed by atoms with Crippen molar-refractivity contribution in [1.29, 1.82) is 0 Å². The van der Waals surface area contributed by atoms with Crippen molar-refractivity contribution in [3.05, 3.63) is 120 Å². The predicted octanol–water partition coefficient (Wildman–Crippen LogP) is 5.57. The average molecular weight is 587 g/mol. The van der Waals surface area contributed by atoms with Crippen molar-refractivity contribution in [2.24, 2.45) is 13.0 Å². The average Bonchev–Trinajstić information content (AvgIpc) is 3.60. The van der Waals surface area contributed by atoms with Crippen LogP contribution in [0.2, 0.25) is 0 Å². The number of para-hydroxylation sites is 1. The van der Waals surface area contributed by atoms with E-state index in [-0.39, 0.29) is 23.6 Å². The number of rotatable bonds is 8. The van der Waals surface area contributed by atoms with Crippen LogP contribution < -0.4 is 5.32 Å². The zero-order chi connectivity index (χ0) is 30.8. The smallest absolute Gasteiger partial charge is 0.256 e. The van der Waals surface area contributed by atoms with Crippen LogP contribution >= 0.6 is 0 Å². The second kappa shape index (κ2) is 12.4. The molecule has 3 amide bonds. The fraction of sp³-hybridized carbons (Fsp3) is 0.270. The summed E-state index contributed by atoms with van der Waals surface area (Å²) in [7, 11) is 3.69. The van der Waals surface area contributed by atoms with Crippen molar-refractivity contribution in [2.45, 2.75) is 38.4 Å². The molecule has 44 heavy (non-hydrogen) atoms. The van der Waals surface area contributed by atoms with Gasteiger partial charge in [-0.05, 0) is 40.3 Å². The molecule has 1 aliphatic rings. The lowest BCUT2D eigenvalue weighted by Crippen LogP contribution is -2.54. The first-order valence-corrected chi connectivity index (χ1v) is 15.2. The summed E-state index contributed by atoms with van der Waals surface area (Å²) in [4.78, 5) is 45.3. The van der Waals surface area contributed by atoms with Crippen molar-refractivity contribution < 1.29 is 14.4 Å². The number of benzene rings is 4. The Labute approximate surface area is 258 Å². The molecule has 2 heterocycles. The molecule has 4 aromatic carbocycles. The number of carbonyl (C=O) groups is 3. The first kappa shape index (κ1) is 29.2. The van der Waals surface area contributed by atoms with Crippen LogP contribution in [0.4, 0.5) is 0 Å². The molecule has 0 saturated carbocycles. The minimum absolute atomic E-state index is 0.153. The summed E-state index contributed by atoms with van der Waals surface area (Å²) in [6, 6.07) is 30.4. The largest absolute Gasteiger partial charge is 0.350 e. The molecule has 0 aliphatic carbocycles. The number of amides is 3. The Bertz CT molecular complexity index is 1830. The van der Waals surface area contributed by atoms with Crippen molar-refractivity contribution in [2.75, 3.05) is 13.6 Å². The Hall–Kier alpha value is -4.91. The van der Waals surface area contributed by atoms with Gasteiger partial charge in [0.25, 0.3) is 5.91 Å². The summed E-state index contributed by atoms with van der Waals surface area (Å²) < 4.78 is 1.94.